The summed E-state index contributed by atoms with van der Waals surface area (Å²) in [6.07, 6.45) is -0.809. The van der Waals surface area contributed by atoms with Crippen molar-refractivity contribution in [2.24, 2.45) is 0 Å². The monoisotopic (exact) mass is 248 g/mol. The van der Waals surface area contributed by atoms with Gasteiger partial charge in [0.25, 0.3) is 0 Å². The summed E-state index contributed by atoms with van der Waals surface area (Å²) in [4.78, 5) is 9.02. The molecular weight excluding hydrogens is 233 g/mol. The van der Waals surface area contributed by atoms with Gasteiger partial charge in [-0.15, -0.1) is 0 Å². The van der Waals surface area contributed by atoms with Crippen LogP contribution in [0, 0.1) is 0 Å². The highest BCUT2D eigenvalue weighted by Crippen LogP contribution is 2.17. The molecule has 1 aromatic rings. The minimum atomic E-state index is -4.20. The number of nitrogen functional groups attached to an aromatic ring is 1. The molecule has 7 heteroatoms. The molecule has 0 saturated carbocycles. The molecule has 4 nitrogen and oxygen atoms in total. The third-order valence-corrected chi connectivity index (χ3v) is 2.05. The molecule has 0 bridgehead atoms. The van der Waals surface area contributed by atoms with E-state index in [-0.39, 0.29) is 12.4 Å². The van der Waals surface area contributed by atoms with Crippen LogP contribution in [0.25, 0.3) is 0 Å². The minimum absolute atomic E-state index is 0.126. The molecule has 96 valence electrons. The third kappa shape index (κ3) is 5.48. The number of nitrogens with two attached hydrogens (primary N) is 1. The largest absolute Gasteiger partial charge is 0.401 e. The highest BCUT2D eigenvalue weighted by atomic mass is 19.4. The van der Waals surface area contributed by atoms with Gasteiger partial charge in [0.15, 0.2) is 0 Å². The number of nitrogens with zero attached hydrogens (tertiary/aromatic N) is 3. The molecule has 0 aliphatic rings. The Morgan fingerprint density at radius 3 is 2.47 bits per heavy atom. The van der Waals surface area contributed by atoms with E-state index in [9.17, 15) is 13.2 Å². The molecule has 1 rings (SSSR count). The topological polar surface area (TPSA) is 55.0 Å². The fourth-order valence-corrected chi connectivity index (χ4v) is 1.46. The van der Waals surface area contributed by atoms with Crippen LogP contribution >= 0.6 is 0 Å². The van der Waals surface area contributed by atoms with Crippen molar-refractivity contribution < 1.29 is 13.2 Å². The minimum Gasteiger partial charge on any atom is -0.382 e. The number of anilines is 1. The van der Waals surface area contributed by atoms with Gasteiger partial charge in [0.1, 0.15) is 5.82 Å². The van der Waals surface area contributed by atoms with E-state index in [0.717, 1.165) is 0 Å². The average Bonchev–Trinajstić information content (AvgIpc) is 2.19. The smallest absolute Gasteiger partial charge is 0.382 e. The molecule has 0 unspecified atom stereocenters. The van der Waals surface area contributed by atoms with Gasteiger partial charge < -0.3 is 5.73 Å². The maximum absolute atomic E-state index is 12.3. The second-order valence-electron chi connectivity index (χ2n) is 3.76. The van der Waals surface area contributed by atoms with E-state index >= 15 is 0 Å². The van der Waals surface area contributed by atoms with Gasteiger partial charge in [0.2, 0.25) is 0 Å². The van der Waals surface area contributed by atoms with Gasteiger partial charge in [-0.2, -0.15) is 13.2 Å². The summed E-state index contributed by atoms with van der Waals surface area (Å²) in [6.45, 7) is 1.39. The Balaban J connectivity index is 2.63. The number of halogens is 3. The van der Waals surface area contributed by atoms with Crippen LogP contribution in [0.5, 0.6) is 0 Å². The molecule has 0 fully saturated rings. The summed E-state index contributed by atoms with van der Waals surface area (Å²) in [5.41, 5.74) is 5.83. The Kier molecular flexibility index (Phi) is 4.68. The fourth-order valence-electron chi connectivity index (χ4n) is 1.46. The Hall–Kier alpha value is -1.37. The van der Waals surface area contributed by atoms with Crippen LogP contribution < -0.4 is 5.73 Å². The molecule has 0 aromatic carbocycles. The number of hydrogen-bond acceptors (Lipinski definition) is 4. The summed E-state index contributed by atoms with van der Waals surface area (Å²) in [6, 6.07) is 0. The molecule has 1 heterocycles. The fraction of sp³-hybridized carbons (Fsp3) is 0.600. The van der Waals surface area contributed by atoms with E-state index < -0.39 is 12.7 Å². The third-order valence-electron chi connectivity index (χ3n) is 2.05. The van der Waals surface area contributed by atoms with Gasteiger partial charge in [0.05, 0.1) is 24.6 Å². The maximum Gasteiger partial charge on any atom is 0.401 e. The molecule has 17 heavy (non-hydrogen) atoms. The van der Waals surface area contributed by atoms with Gasteiger partial charge in [-0.05, 0) is 13.0 Å². The lowest BCUT2D eigenvalue weighted by Crippen LogP contribution is -2.34. The molecule has 0 spiro atoms. The van der Waals surface area contributed by atoms with Gasteiger partial charge in [0, 0.05) is 6.54 Å². The van der Waals surface area contributed by atoms with Crippen molar-refractivity contribution in [3.05, 3.63) is 18.1 Å². The van der Waals surface area contributed by atoms with Gasteiger partial charge >= 0.3 is 6.18 Å². The maximum atomic E-state index is 12.3. The molecule has 0 amide bonds. The number of aromatic nitrogens is 2. The van der Waals surface area contributed by atoms with E-state index in [1.54, 1.807) is 0 Å². The molecule has 0 atom stereocenters. The lowest BCUT2D eigenvalue weighted by atomic mass is 10.3. The zero-order valence-corrected chi connectivity index (χ0v) is 9.54. The van der Waals surface area contributed by atoms with Crippen molar-refractivity contribution in [3.63, 3.8) is 0 Å². The van der Waals surface area contributed by atoms with Gasteiger partial charge in [-0.3, -0.25) is 9.88 Å². The van der Waals surface area contributed by atoms with Crippen LogP contribution in [0.15, 0.2) is 12.4 Å². The summed E-state index contributed by atoms with van der Waals surface area (Å²) < 4.78 is 36.9. The first-order valence-electron chi connectivity index (χ1n) is 5.26. The van der Waals surface area contributed by atoms with E-state index in [1.807, 2.05) is 6.92 Å². The van der Waals surface area contributed by atoms with E-state index in [2.05, 4.69) is 9.97 Å². The molecular formula is C10H15F3N4. The van der Waals surface area contributed by atoms with Crippen LogP contribution in [0.1, 0.15) is 19.0 Å². The average molecular weight is 248 g/mol. The van der Waals surface area contributed by atoms with Gasteiger partial charge in [-0.1, -0.05) is 6.92 Å². The summed E-state index contributed by atoms with van der Waals surface area (Å²) in [5.74, 6) is 0.256. The van der Waals surface area contributed by atoms with Crippen molar-refractivity contribution in [1.82, 2.24) is 14.9 Å². The number of hydrogen-bond donors (Lipinski definition) is 1. The quantitative estimate of drug-likeness (QED) is 0.863. The van der Waals surface area contributed by atoms with Crippen molar-refractivity contribution in [2.75, 3.05) is 18.8 Å². The predicted molar refractivity (Wildman–Crippen MR) is 58.1 cm³/mol. The Bertz CT molecular complexity index is 336. The van der Waals surface area contributed by atoms with Crippen molar-refractivity contribution in [2.45, 2.75) is 26.1 Å². The Morgan fingerprint density at radius 1 is 1.29 bits per heavy atom. The van der Waals surface area contributed by atoms with Crippen LogP contribution in [-0.4, -0.2) is 34.1 Å². The second-order valence-corrected chi connectivity index (χ2v) is 3.76. The highest BCUT2D eigenvalue weighted by molar-refractivity contribution is 5.22. The first-order chi connectivity index (χ1) is 7.90. The first-order valence-corrected chi connectivity index (χ1v) is 5.26. The second kappa shape index (κ2) is 5.81. The zero-order valence-electron chi connectivity index (χ0n) is 9.54. The predicted octanol–water partition coefficient (Wildman–Crippen LogP) is 1.83. The molecule has 0 radical (unpaired) electrons. The zero-order chi connectivity index (χ0) is 12.9. The van der Waals surface area contributed by atoms with Crippen molar-refractivity contribution >= 4 is 5.82 Å². The highest BCUT2D eigenvalue weighted by Gasteiger charge is 2.30. The summed E-state index contributed by atoms with van der Waals surface area (Å²) >= 11 is 0. The standard InChI is InChI=1S/C10H15F3N4/c1-2-3-17(7-10(11,12)13)6-8-4-16-9(14)5-15-8/h4-5H,2-3,6-7H2,1H3,(H2,14,16). The summed E-state index contributed by atoms with van der Waals surface area (Å²) in [5, 5.41) is 0. The summed E-state index contributed by atoms with van der Waals surface area (Å²) in [7, 11) is 0. The first kappa shape index (κ1) is 13.7. The van der Waals surface area contributed by atoms with E-state index in [1.165, 1.54) is 17.3 Å². The lowest BCUT2D eigenvalue weighted by molar-refractivity contribution is -0.147. The number of alkyl halides is 3. The van der Waals surface area contributed by atoms with Gasteiger partial charge in [-0.25, -0.2) is 4.98 Å². The molecule has 1 aromatic heterocycles. The SMILES string of the molecule is CCCN(Cc1cnc(N)cn1)CC(F)(F)F. The van der Waals surface area contributed by atoms with Crippen LogP contribution in [0.4, 0.5) is 19.0 Å². The van der Waals surface area contributed by atoms with Crippen molar-refractivity contribution in [3.8, 4) is 0 Å². The molecule has 2 N–H and O–H groups in total. The molecule has 0 saturated heterocycles. The molecule has 0 aliphatic heterocycles. The van der Waals surface area contributed by atoms with E-state index in [4.69, 9.17) is 5.73 Å². The van der Waals surface area contributed by atoms with Crippen LogP contribution in [-0.2, 0) is 6.54 Å². The molecule has 0 aliphatic carbocycles. The normalized spacial score (nSPS) is 12.1. The number of rotatable bonds is 5. The van der Waals surface area contributed by atoms with Crippen LogP contribution in [0.3, 0.4) is 0 Å². The Labute approximate surface area is 97.7 Å². The van der Waals surface area contributed by atoms with E-state index in [0.29, 0.717) is 18.7 Å². The Morgan fingerprint density at radius 2 is 2.00 bits per heavy atom. The lowest BCUT2D eigenvalue weighted by Gasteiger charge is -2.22. The van der Waals surface area contributed by atoms with Crippen LogP contribution in [0.2, 0.25) is 0 Å². The van der Waals surface area contributed by atoms with Crippen molar-refractivity contribution in [1.29, 1.82) is 0 Å².